The number of carbonyl (C=O) groups excluding carboxylic acids is 2. The van der Waals surface area contributed by atoms with Crippen molar-refractivity contribution in [1.29, 1.82) is 0 Å². The van der Waals surface area contributed by atoms with Crippen LogP contribution in [0.5, 0.6) is 0 Å². The van der Waals surface area contributed by atoms with Crippen LogP contribution in [0.2, 0.25) is 0 Å². The molecule has 0 saturated carbocycles. The fourth-order valence-corrected chi connectivity index (χ4v) is 2.66. The van der Waals surface area contributed by atoms with E-state index in [1.54, 1.807) is 36.7 Å². The molecule has 0 aliphatic carbocycles. The Morgan fingerprint density at radius 1 is 1.12 bits per heavy atom. The molecule has 1 unspecified atom stereocenters. The summed E-state index contributed by atoms with van der Waals surface area (Å²) in [6.07, 6.45) is 4.21. The first kappa shape index (κ1) is 16.9. The van der Waals surface area contributed by atoms with Crippen LogP contribution in [0, 0.1) is 5.92 Å². The van der Waals surface area contributed by atoms with Crippen molar-refractivity contribution < 1.29 is 9.59 Å². The van der Waals surface area contributed by atoms with Crippen LogP contribution in [0.1, 0.15) is 12.0 Å². The number of amides is 3. The minimum absolute atomic E-state index is 0.000256. The Bertz CT molecular complexity index is 729. The smallest absolute Gasteiger partial charge is 0.319 e. The lowest BCUT2D eigenvalue weighted by Crippen LogP contribution is -2.28. The molecule has 7 heteroatoms. The van der Waals surface area contributed by atoms with E-state index < -0.39 is 0 Å². The van der Waals surface area contributed by atoms with Crippen LogP contribution in [0.25, 0.3) is 0 Å². The second-order valence-corrected chi connectivity index (χ2v) is 5.92. The van der Waals surface area contributed by atoms with E-state index in [1.165, 1.54) is 0 Å². The van der Waals surface area contributed by atoms with Gasteiger partial charge in [0.15, 0.2) is 0 Å². The molecule has 1 aliphatic heterocycles. The molecule has 130 valence electrons. The summed E-state index contributed by atoms with van der Waals surface area (Å²) in [7, 11) is 0. The first-order chi connectivity index (χ1) is 12.2. The van der Waals surface area contributed by atoms with Gasteiger partial charge in [0.05, 0.1) is 5.92 Å². The summed E-state index contributed by atoms with van der Waals surface area (Å²) < 4.78 is 0. The Morgan fingerprint density at radius 3 is 2.60 bits per heavy atom. The number of aromatic nitrogens is 1. The normalized spacial score (nSPS) is 16.2. The van der Waals surface area contributed by atoms with Gasteiger partial charge in [-0.25, -0.2) is 4.79 Å². The lowest BCUT2D eigenvalue weighted by molar-refractivity contribution is -0.119. The number of pyridine rings is 1. The monoisotopic (exact) mass is 339 g/mol. The van der Waals surface area contributed by atoms with E-state index in [4.69, 9.17) is 0 Å². The summed E-state index contributed by atoms with van der Waals surface area (Å²) in [5.41, 5.74) is 2.26. The zero-order chi connectivity index (χ0) is 17.5. The molecule has 4 N–H and O–H groups in total. The second kappa shape index (κ2) is 8.25. The van der Waals surface area contributed by atoms with Crippen molar-refractivity contribution in [1.82, 2.24) is 15.6 Å². The maximum Gasteiger partial charge on any atom is 0.319 e. The average Bonchev–Trinajstić information content (AvgIpc) is 3.16. The van der Waals surface area contributed by atoms with Gasteiger partial charge in [-0.05, 0) is 48.9 Å². The topological polar surface area (TPSA) is 95.2 Å². The minimum atomic E-state index is -0.305. The van der Waals surface area contributed by atoms with Crippen molar-refractivity contribution in [2.24, 2.45) is 5.92 Å². The number of anilines is 2. The zero-order valence-electron chi connectivity index (χ0n) is 13.8. The molecule has 7 nitrogen and oxygen atoms in total. The van der Waals surface area contributed by atoms with Crippen molar-refractivity contribution >= 4 is 23.3 Å². The van der Waals surface area contributed by atoms with Crippen molar-refractivity contribution in [3.05, 3.63) is 54.4 Å². The maximum atomic E-state index is 12.2. The summed E-state index contributed by atoms with van der Waals surface area (Å²) in [4.78, 5) is 28.1. The number of urea groups is 1. The van der Waals surface area contributed by atoms with Crippen LogP contribution < -0.4 is 21.3 Å². The van der Waals surface area contributed by atoms with Gasteiger partial charge in [-0.15, -0.1) is 0 Å². The van der Waals surface area contributed by atoms with Crippen LogP contribution in [-0.4, -0.2) is 30.0 Å². The first-order valence-corrected chi connectivity index (χ1v) is 8.26. The molecular weight excluding hydrogens is 318 g/mol. The number of nitrogens with zero attached hydrogens (tertiary/aromatic N) is 1. The summed E-state index contributed by atoms with van der Waals surface area (Å²) in [6.45, 7) is 2.00. The highest BCUT2D eigenvalue weighted by Crippen LogP contribution is 2.17. The molecule has 1 saturated heterocycles. The number of nitrogens with one attached hydrogen (secondary N) is 4. The molecule has 0 bridgehead atoms. The number of hydrogen-bond donors (Lipinski definition) is 4. The van der Waals surface area contributed by atoms with Gasteiger partial charge in [-0.3, -0.25) is 9.78 Å². The van der Waals surface area contributed by atoms with E-state index in [2.05, 4.69) is 26.3 Å². The van der Waals surface area contributed by atoms with Gasteiger partial charge in [0.25, 0.3) is 0 Å². The SMILES string of the molecule is O=C(NCc1ccncc1)Nc1cccc(NC(=O)C2CCNC2)c1. The standard InChI is InChI=1S/C18H21N5O2/c24-17(14-6-9-20-12-14)22-15-2-1-3-16(10-15)23-18(25)21-11-13-4-7-19-8-5-13/h1-5,7-8,10,14,20H,6,9,11-12H2,(H,22,24)(H2,21,23,25). The molecule has 25 heavy (non-hydrogen) atoms. The average molecular weight is 339 g/mol. The molecule has 3 amide bonds. The van der Waals surface area contributed by atoms with E-state index in [9.17, 15) is 9.59 Å². The minimum Gasteiger partial charge on any atom is -0.334 e. The number of carbonyl (C=O) groups is 2. The van der Waals surface area contributed by atoms with Gasteiger partial charge in [0.2, 0.25) is 5.91 Å². The van der Waals surface area contributed by atoms with E-state index >= 15 is 0 Å². The number of hydrogen-bond acceptors (Lipinski definition) is 4. The maximum absolute atomic E-state index is 12.2. The fourth-order valence-electron chi connectivity index (χ4n) is 2.66. The van der Waals surface area contributed by atoms with Crippen molar-refractivity contribution in [2.45, 2.75) is 13.0 Å². The Hall–Kier alpha value is -2.93. The predicted molar refractivity (Wildman–Crippen MR) is 96.1 cm³/mol. The molecule has 3 rings (SSSR count). The number of rotatable bonds is 5. The van der Waals surface area contributed by atoms with Crippen molar-refractivity contribution in [3.8, 4) is 0 Å². The van der Waals surface area contributed by atoms with Crippen LogP contribution >= 0.6 is 0 Å². The summed E-state index contributed by atoms with van der Waals surface area (Å²) in [5.74, 6) is 0.00423. The third-order valence-electron chi connectivity index (χ3n) is 4.02. The molecular formula is C18H21N5O2. The third kappa shape index (κ3) is 5.02. The zero-order valence-corrected chi connectivity index (χ0v) is 13.8. The van der Waals surface area contributed by atoms with E-state index in [0.717, 1.165) is 18.5 Å². The molecule has 0 radical (unpaired) electrons. The largest absolute Gasteiger partial charge is 0.334 e. The van der Waals surface area contributed by atoms with Crippen molar-refractivity contribution in [3.63, 3.8) is 0 Å². The molecule has 1 aromatic heterocycles. The highest BCUT2D eigenvalue weighted by molar-refractivity contribution is 5.94. The molecule has 2 aromatic rings. The molecule has 2 heterocycles. The first-order valence-electron chi connectivity index (χ1n) is 8.26. The Balaban J connectivity index is 1.52. The van der Waals surface area contributed by atoms with Gasteiger partial charge in [-0.1, -0.05) is 6.07 Å². The number of benzene rings is 1. The fraction of sp³-hybridized carbons (Fsp3) is 0.278. The van der Waals surface area contributed by atoms with Gasteiger partial charge >= 0.3 is 6.03 Å². The van der Waals surface area contributed by atoms with Crippen molar-refractivity contribution in [2.75, 3.05) is 23.7 Å². The van der Waals surface area contributed by atoms with E-state index in [0.29, 0.717) is 24.5 Å². The van der Waals surface area contributed by atoms with Crippen LogP contribution in [0.3, 0.4) is 0 Å². The molecule has 1 aliphatic rings. The Morgan fingerprint density at radius 2 is 1.88 bits per heavy atom. The second-order valence-electron chi connectivity index (χ2n) is 5.92. The highest BCUT2D eigenvalue weighted by Gasteiger charge is 2.22. The van der Waals surface area contributed by atoms with Gasteiger partial charge in [-0.2, -0.15) is 0 Å². The van der Waals surface area contributed by atoms with Gasteiger partial charge in [0, 0.05) is 36.9 Å². The Labute approximate surface area is 146 Å². The predicted octanol–water partition coefficient (Wildman–Crippen LogP) is 1.95. The third-order valence-corrected chi connectivity index (χ3v) is 4.02. The summed E-state index contributed by atoms with van der Waals surface area (Å²) in [6, 6.07) is 10.5. The van der Waals surface area contributed by atoms with E-state index in [-0.39, 0.29) is 17.9 Å². The Kier molecular flexibility index (Phi) is 5.58. The molecule has 1 fully saturated rings. The molecule has 1 atom stereocenters. The van der Waals surface area contributed by atoms with Crippen LogP contribution in [0.4, 0.5) is 16.2 Å². The quantitative estimate of drug-likeness (QED) is 0.670. The van der Waals surface area contributed by atoms with Crippen LogP contribution in [-0.2, 0) is 11.3 Å². The van der Waals surface area contributed by atoms with E-state index in [1.807, 2.05) is 12.1 Å². The lowest BCUT2D eigenvalue weighted by atomic mass is 10.1. The van der Waals surface area contributed by atoms with Crippen LogP contribution in [0.15, 0.2) is 48.8 Å². The highest BCUT2D eigenvalue weighted by atomic mass is 16.2. The van der Waals surface area contributed by atoms with Gasteiger partial charge in [0.1, 0.15) is 0 Å². The van der Waals surface area contributed by atoms with Gasteiger partial charge < -0.3 is 21.3 Å². The summed E-state index contributed by atoms with van der Waals surface area (Å²) >= 11 is 0. The summed E-state index contributed by atoms with van der Waals surface area (Å²) in [5, 5.41) is 11.6. The molecule has 1 aromatic carbocycles. The molecule has 0 spiro atoms. The lowest BCUT2D eigenvalue weighted by Gasteiger charge is -2.12.